The van der Waals surface area contributed by atoms with E-state index in [0.717, 1.165) is 16.3 Å². The van der Waals surface area contributed by atoms with Gasteiger partial charge in [-0.3, -0.25) is 5.10 Å². The Balaban J connectivity index is 1.99. The molecule has 0 aliphatic heterocycles. The molecule has 4 rings (SSSR count). The lowest BCUT2D eigenvalue weighted by atomic mass is 10.0. The number of hydrogen-bond acceptors (Lipinski definition) is 4. The van der Waals surface area contributed by atoms with Crippen LogP contribution in [0.25, 0.3) is 33.5 Å². The van der Waals surface area contributed by atoms with Gasteiger partial charge in [0, 0.05) is 17.0 Å². The Morgan fingerprint density at radius 1 is 0.950 bits per heavy atom. The van der Waals surface area contributed by atoms with Crippen molar-refractivity contribution in [3.8, 4) is 22.7 Å². The molecule has 0 saturated carbocycles. The zero-order chi connectivity index (χ0) is 13.4. The molecule has 4 aromatic rings. The summed E-state index contributed by atoms with van der Waals surface area (Å²) in [5.74, 6) is 0.633. The van der Waals surface area contributed by atoms with Crippen molar-refractivity contribution < 1.29 is 4.52 Å². The smallest absolute Gasteiger partial charge is 0.197 e. The molecule has 1 N–H and O–H groups in total. The van der Waals surface area contributed by atoms with Crippen LogP contribution in [0.3, 0.4) is 0 Å². The van der Waals surface area contributed by atoms with E-state index in [1.807, 2.05) is 30.3 Å². The Morgan fingerprint density at radius 2 is 1.85 bits per heavy atom. The van der Waals surface area contributed by atoms with Crippen LogP contribution in [-0.4, -0.2) is 20.6 Å². The van der Waals surface area contributed by atoms with Crippen LogP contribution >= 0.6 is 0 Å². The fourth-order valence-corrected chi connectivity index (χ4v) is 2.35. The average molecular weight is 262 g/mol. The summed E-state index contributed by atoms with van der Waals surface area (Å²) in [4.78, 5) is 0. The molecule has 0 saturated heterocycles. The lowest BCUT2D eigenvalue weighted by molar-refractivity contribution is 0.404. The fourth-order valence-electron chi connectivity index (χ4n) is 2.35. The molecule has 5 heteroatoms. The lowest BCUT2D eigenvalue weighted by Gasteiger charge is -2.03. The van der Waals surface area contributed by atoms with Gasteiger partial charge in [-0.15, -0.1) is 5.10 Å². The minimum absolute atomic E-state index is 0.633. The summed E-state index contributed by atoms with van der Waals surface area (Å²) in [6.45, 7) is 0. The zero-order valence-electron chi connectivity index (χ0n) is 10.4. The second kappa shape index (κ2) is 4.31. The molecule has 0 spiro atoms. The van der Waals surface area contributed by atoms with E-state index in [0.29, 0.717) is 17.1 Å². The summed E-state index contributed by atoms with van der Waals surface area (Å²) < 4.78 is 5.37. The van der Waals surface area contributed by atoms with Crippen LogP contribution in [0.5, 0.6) is 0 Å². The summed E-state index contributed by atoms with van der Waals surface area (Å²) in [5.41, 5.74) is 2.32. The molecule has 0 radical (unpaired) electrons. The molecular weight excluding hydrogens is 252 g/mol. The second-order valence-electron chi connectivity index (χ2n) is 4.44. The zero-order valence-corrected chi connectivity index (χ0v) is 10.4. The van der Waals surface area contributed by atoms with Gasteiger partial charge in [-0.25, -0.2) is 0 Å². The molecule has 2 aromatic heterocycles. The standard InChI is InChI=1S/C15H10N4O/c1-2-6-11-10(4-1)5-3-7-12(11)15-14(18-19-20-15)13-8-9-16-17-13/h1-9H,(H,16,17). The van der Waals surface area contributed by atoms with Crippen molar-refractivity contribution in [3.05, 3.63) is 54.7 Å². The van der Waals surface area contributed by atoms with Crippen molar-refractivity contribution in [3.63, 3.8) is 0 Å². The number of benzene rings is 2. The molecule has 0 atom stereocenters. The third-order valence-electron chi connectivity index (χ3n) is 3.27. The number of fused-ring (bicyclic) bond motifs is 1. The van der Waals surface area contributed by atoms with Gasteiger partial charge in [-0.2, -0.15) is 5.10 Å². The SMILES string of the molecule is c1ccc2c(-c3onnc3-c3cc[nH]n3)cccc2c1. The molecule has 0 amide bonds. The van der Waals surface area contributed by atoms with Crippen LogP contribution in [-0.2, 0) is 0 Å². The third kappa shape index (κ3) is 1.60. The molecular formula is C15H10N4O. The Kier molecular flexibility index (Phi) is 2.35. The highest BCUT2D eigenvalue weighted by atomic mass is 16.5. The molecule has 0 fully saturated rings. The van der Waals surface area contributed by atoms with Crippen LogP contribution in [0.15, 0.2) is 59.3 Å². The van der Waals surface area contributed by atoms with Crippen molar-refractivity contribution in [2.45, 2.75) is 0 Å². The second-order valence-corrected chi connectivity index (χ2v) is 4.44. The van der Waals surface area contributed by atoms with Crippen LogP contribution < -0.4 is 0 Å². The first-order valence-electron chi connectivity index (χ1n) is 6.24. The van der Waals surface area contributed by atoms with Gasteiger partial charge in [0.2, 0.25) is 0 Å². The minimum Gasteiger partial charge on any atom is -0.336 e. The monoisotopic (exact) mass is 262 g/mol. The average Bonchev–Trinajstić information content (AvgIpc) is 3.17. The molecule has 0 aliphatic carbocycles. The summed E-state index contributed by atoms with van der Waals surface area (Å²) in [6, 6.07) is 16.0. The Labute approximate surface area is 114 Å². The van der Waals surface area contributed by atoms with Crippen molar-refractivity contribution in [1.29, 1.82) is 0 Å². The highest BCUT2D eigenvalue weighted by molar-refractivity contribution is 5.97. The molecule has 0 unspecified atom stereocenters. The van der Waals surface area contributed by atoms with E-state index in [2.05, 4.69) is 38.8 Å². The van der Waals surface area contributed by atoms with Crippen LogP contribution in [0.4, 0.5) is 0 Å². The van der Waals surface area contributed by atoms with Crippen molar-refractivity contribution in [2.24, 2.45) is 0 Å². The Bertz CT molecular complexity index is 859. The molecule has 20 heavy (non-hydrogen) atoms. The minimum atomic E-state index is 0.633. The summed E-state index contributed by atoms with van der Waals surface area (Å²) >= 11 is 0. The summed E-state index contributed by atoms with van der Waals surface area (Å²) in [7, 11) is 0. The van der Waals surface area contributed by atoms with Crippen molar-refractivity contribution in [1.82, 2.24) is 20.6 Å². The van der Waals surface area contributed by atoms with Gasteiger partial charge in [0.25, 0.3) is 0 Å². The molecule has 0 bridgehead atoms. The first-order chi connectivity index (χ1) is 9.93. The van der Waals surface area contributed by atoms with Gasteiger partial charge in [0.1, 0.15) is 5.69 Å². The number of aromatic nitrogens is 4. The van der Waals surface area contributed by atoms with Gasteiger partial charge in [0.05, 0.1) is 0 Å². The molecule has 5 nitrogen and oxygen atoms in total. The van der Waals surface area contributed by atoms with Gasteiger partial charge in [0.15, 0.2) is 11.5 Å². The topological polar surface area (TPSA) is 67.6 Å². The van der Waals surface area contributed by atoms with Crippen molar-refractivity contribution in [2.75, 3.05) is 0 Å². The third-order valence-corrected chi connectivity index (χ3v) is 3.27. The summed E-state index contributed by atoms with van der Waals surface area (Å²) in [5, 5.41) is 16.9. The van der Waals surface area contributed by atoms with Gasteiger partial charge < -0.3 is 4.52 Å². The highest BCUT2D eigenvalue weighted by Gasteiger charge is 2.17. The molecule has 96 valence electrons. The molecule has 2 heterocycles. The first kappa shape index (κ1) is 10.9. The van der Waals surface area contributed by atoms with E-state index in [-0.39, 0.29) is 0 Å². The predicted octanol–water partition coefficient (Wildman–Crippen LogP) is 3.28. The van der Waals surface area contributed by atoms with Crippen LogP contribution in [0, 0.1) is 0 Å². The van der Waals surface area contributed by atoms with E-state index < -0.39 is 0 Å². The Hall–Kier alpha value is -2.95. The first-order valence-corrected chi connectivity index (χ1v) is 6.24. The number of rotatable bonds is 2. The molecule has 0 aliphatic rings. The van der Waals surface area contributed by atoms with E-state index in [4.69, 9.17) is 4.52 Å². The van der Waals surface area contributed by atoms with Gasteiger partial charge in [-0.1, -0.05) is 42.5 Å². The molecule has 2 aromatic carbocycles. The summed E-state index contributed by atoms with van der Waals surface area (Å²) in [6.07, 6.45) is 1.75. The maximum absolute atomic E-state index is 5.37. The number of H-pyrrole nitrogens is 1. The van der Waals surface area contributed by atoms with Crippen LogP contribution in [0.2, 0.25) is 0 Å². The number of hydrogen-bond donors (Lipinski definition) is 1. The Morgan fingerprint density at radius 3 is 2.75 bits per heavy atom. The normalized spacial score (nSPS) is 11.0. The quantitative estimate of drug-likeness (QED) is 0.602. The lowest BCUT2D eigenvalue weighted by Crippen LogP contribution is -1.85. The number of nitrogens with one attached hydrogen (secondary N) is 1. The highest BCUT2D eigenvalue weighted by Crippen LogP contribution is 2.33. The van der Waals surface area contributed by atoms with Gasteiger partial charge >= 0.3 is 0 Å². The maximum atomic E-state index is 5.37. The van der Waals surface area contributed by atoms with E-state index >= 15 is 0 Å². The van der Waals surface area contributed by atoms with E-state index in [1.165, 1.54) is 0 Å². The fraction of sp³-hybridized carbons (Fsp3) is 0. The number of aromatic amines is 1. The van der Waals surface area contributed by atoms with Crippen LogP contribution in [0.1, 0.15) is 0 Å². The number of nitrogens with zero attached hydrogens (tertiary/aromatic N) is 3. The maximum Gasteiger partial charge on any atom is 0.197 e. The van der Waals surface area contributed by atoms with Crippen molar-refractivity contribution >= 4 is 10.8 Å². The van der Waals surface area contributed by atoms with E-state index in [9.17, 15) is 0 Å². The van der Waals surface area contributed by atoms with Gasteiger partial charge in [-0.05, 0) is 16.8 Å². The predicted molar refractivity (Wildman–Crippen MR) is 74.8 cm³/mol. The van der Waals surface area contributed by atoms with E-state index in [1.54, 1.807) is 6.20 Å². The largest absolute Gasteiger partial charge is 0.336 e.